The van der Waals surface area contributed by atoms with Gasteiger partial charge in [-0.2, -0.15) is 5.10 Å². The van der Waals surface area contributed by atoms with E-state index in [4.69, 9.17) is 16.0 Å². The van der Waals surface area contributed by atoms with Gasteiger partial charge in [0.1, 0.15) is 5.82 Å². The van der Waals surface area contributed by atoms with Gasteiger partial charge in [0, 0.05) is 11.4 Å². The smallest absolute Gasteiger partial charge is 0.287 e. The third-order valence-electron chi connectivity index (χ3n) is 6.47. The monoisotopic (exact) mass is 620 g/mol. The molecule has 3 aromatic heterocycles. The largest absolute Gasteiger partial charge is 0.459 e. The van der Waals surface area contributed by atoms with Gasteiger partial charge < -0.3 is 9.73 Å². The summed E-state index contributed by atoms with van der Waals surface area (Å²) in [6, 6.07) is 20.0. The van der Waals surface area contributed by atoms with Gasteiger partial charge in [0.2, 0.25) is 0 Å². The molecule has 4 heterocycles. The lowest BCUT2D eigenvalue weighted by Gasteiger charge is -2.22. The molecule has 0 fully saturated rings. The van der Waals surface area contributed by atoms with Gasteiger partial charge in [-0.15, -0.1) is 21.5 Å². The van der Waals surface area contributed by atoms with Crippen molar-refractivity contribution in [3.8, 4) is 5.69 Å². The van der Waals surface area contributed by atoms with E-state index in [1.807, 2.05) is 23.6 Å². The second kappa shape index (κ2) is 12.3. The number of nitrogens with zero attached hydrogens (tertiary/aromatic N) is 5. The van der Waals surface area contributed by atoms with Crippen LogP contribution in [-0.4, -0.2) is 43.1 Å². The Balaban J connectivity index is 1.24. The van der Waals surface area contributed by atoms with E-state index in [1.54, 1.807) is 58.4 Å². The van der Waals surface area contributed by atoms with Gasteiger partial charge in [0.15, 0.2) is 16.7 Å². The molecule has 1 atom stereocenters. The van der Waals surface area contributed by atoms with Crippen molar-refractivity contribution in [2.45, 2.75) is 24.2 Å². The van der Waals surface area contributed by atoms with Crippen molar-refractivity contribution in [3.05, 3.63) is 117 Å². The highest BCUT2D eigenvalue weighted by Gasteiger charge is 2.33. The van der Waals surface area contributed by atoms with Gasteiger partial charge in [-0.05, 0) is 59.5 Å². The number of rotatable bonds is 9. The molecular formula is C29H22ClFN6O3S2. The molecule has 2 amide bonds. The number of halogens is 2. The zero-order valence-corrected chi connectivity index (χ0v) is 24.2. The number of nitrogens with one attached hydrogen (secondary N) is 1. The minimum absolute atomic E-state index is 0.0103. The lowest BCUT2D eigenvalue weighted by molar-refractivity contribution is -0.130. The number of carbonyl (C=O) groups is 2. The number of thiophene rings is 1. The van der Waals surface area contributed by atoms with Gasteiger partial charge in [-0.25, -0.2) is 9.40 Å². The molecular weight excluding hydrogens is 599 g/mol. The first-order chi connectivity index (χ1) is 20.5. The summed E-state index contributed by atoms with van der Waals surface area (Å²) in [5, 5.41) is 20.4. The molecule has 0 saturated carbocycles. The number of carbonyl (C=O) groups excluding carboxylic acids is 2. The van der Waals surface area contributed by atoms with Crippen LogP contribution in [0.4, 0.5) is 4.39 Å². The maximum atomic E-state index is 13.7. The Morgan fingerprint density at radius 1 is 1.10 bits per heavy atom. The summed E-state index contributed by atoms with van der Waals surface area (Å²) in [4.78, 5) is 27.1. The fourth-order valence-corrected chi connectivity index (χ4v) is 6.23. The van der Waals surface area contributed by atoms with E-state index in [-0.39, 0.29) is 35.8 Å². The molecule has 212 valence electrons. The summed E-state index contributed by atoms with van der Waals surface area (Å²) < 4.78 is 20.6. The number of benzene rings is 2. The molecule has 0 aliphatic carbocycles. The maximum Gasteiger partial charge on any atom is 0.287 e. The highest BCUT2D eigenvalue weighted by atomic mass is 35.5. The highest BCUT2D eigenvalue weighted by molar-refractivity contribution is 7.99. The Morgan fingerprint density at radius 3 is 2.69 bits per heavy atom. The number of amides is 2. The maximum absolute atomic E-state index is 13.7. The van der Waals surface area contributed by atoms with Crippen LogP contribution in [0.15, 0.2) is 99.1 Å². The van der Waals surface area contributed by atoms with Crippen molar-refractivity contribution in [1.29, 1.82) is 0 Å². The van der Waals surface area contributed by atoms with Crippen molar-refractivity contribution in [2.24, 2.45) is 5.10 Å². The van der Waals surface area contributed by atoms with E-state index >= 15 is 0 Å². The average molecular weight is 621 g/mol. The van der Waals surface area contributed by atoms with Gasteiger partial charge in [-0.3, -0.25) is 14.2 Å². The summed E-state index contributed by atoms with van der Waals surface area (Å²) in [5.74, 6) is -0.361. The molecule has 1 unspecified atom stereocenters. The lowest BCUT2D eigenvalue weighted by Crippen LogP contribution is -2.28. The van der Waals surface area contributed by atoms with Crippen molar-refractivity contribution < 1.29 is 18.4 Å². The minimum atomic E-state index is -0.398. The molecule has 9 nitrogen and oxygen atoms in total. The van der Waals surface area contributed by atoms with E-state index in [2.05, 4.69) is 20.6 Å². The third-order valence-corrected chi connectivity index (χ3v) is 8.54. The van der Waals surface area contributed by atoms with Crippen molar-refractivity contribution in [2.75, 3.05) is 5.75 Å². The van der Waals surface area contributed by atoms with Gasteiger partial charge in [-0.1, -0.05) is 47.6 Å². The zero-order chi connectivity index (χ0) is 29.1. The number of hydrazone groups is 1. The Morgan fingerprint density at radius 2 is 1.95 bits per heavy atom. The highest BCUT2D eigenvalue weighted by Crippen LogP contribution is 2.35. The topological polar surface area (TPSA) is 106 Å². The Bertz CT molecular complexity index is 1740. The number of aromatic nitrogens is 3. The SMILES string of the molecule is O=C(NCc1nnc(SCC(=O)N2N=C(c3cccs3)CC2c2ccc(F)cc2)n1-c1cccc(Cl)c1)c1ccco1. The number of furan rings is 1. The zero-order valence-electron chi connectivity index (χ0n) is 21.8. The second-order valence-corrected chi connectivity index (χ2v) is 11.5. The number of thioether (sulfide) groups is 1. The fourth-order valence-electron chi connectivity index (χ4n) is 4.51. The molecule has 42 heavy (non-hydrogen) atoms. The van der Waals surface area contributed by atoms with Crippen LogP contribution in [0.1, 0.15) is 39.3 Å². The molecule has 1 aliphatic rings. The van der Waals surface area contributed by atoms with Crippen molar-refractivity contribution >= 4 is 52.2 Å². The van der Waals surface area contributed by atoms with Crippen LogP contribution in [-0.2, 0) is 11.3 Å². The molecule has 0 bridgehead atoms. The van der Waals surface area contributed by atoms with Crippen LogP contribution in [0.25, 0.3) is 5.69 Å². The fraction of sp³-hybridized carbons (Fsp3) is 0.138. The van der Waals surface area contributed by atoms with Crippen LogP contribution in [0.2, 0.25) is 5.02 Å². The Hall–Kier alpha value is -4.26. The number of hydrogen-bond acceptors (Lipinski definition) is 8. The van der Waals surface area contributed by atoms with Crippen LogP contribution < -0.4 is 5.32 Å². The molecule has 0 spiro atoms. The van der Waals surface area contributed by atoms with E-state index in [9.17, 15) is 14.0 Å². The van der Waals surface area contributed by atoms with Crippen LogP contribution in [0.5, 0.6) is 0 Å². The molecule has 2 aromatic carbocycles. The average Bonchev–Trinajstić information content (AvgIpc) is 3.81. The predicted octanol–water partition coefficient (Wildman–Crippen LogP) is 6.11. The summed E-state index contributed by atoms with van der Waals surface area (Å²) in [6.45, 7) is 0.0563. The van der Waals surface area contributed by atoms with E-state index < -0.39 is 5.91 Å². The van der Waals surface area contributed by atoms with E-state index in [0.29, 0.717) is 28.1 Å². The normalized spacial score (nSPS) is 14.7. The van der Waals surface area contributed by atoms with Crippen LogP contribution in [0, 0.1) is 5.82 Å². The molecule has 0 radical (unpaired) electrons. The summed E-state index contributed by atoms with van der Waals surface area (Å²) >= 11 is 9.02. The minimum Gasteiger partial charge on any atom is -0.459 e. The standard InChI is InChI=1S/C29H22ClFN6O3S2/c30-19-4-1-5-21(14-19)36-26(16-32-28(39)24-6-2-12-40-24)33-34-29(36)42-17-27(38)37-23(18-8-10-20(31)11-9-18)15-22(35-37)25-7-3-13-41-25/h1-14,23H,15-17H2,(H,32,39). The quantitative estimate of drug-likeness (QED) is 0.199. The molecule has 6 rings (SSSR count). The number of hydrogen-bond donors (Lipinski definition) is 1. The molecule has 13 heteroatoms. The van der Waals surface area contributed by atoms with E-state index in [1.165, 1.54) is 35.2 Å². The summed E-state index contributed by atoms with van der Waals surface area (Å²) in [5.41, 5.74) is 2.27. The summed E-state index contributed by atoms with van der Waals surface area (Å²) in [6.07, 6.45) is 1.93. The van der Waals surface area contributed by atoms with Crippen LogP contribution >= 0.6 is 34.7 Å². The van der Waals surface area contributed by atoms with Gasteiger partial charge in [0.05, 0.1) is 40.9 Å². The Labute approximate surface area is 253 Å². The Kier molecular flexibility index (Phi) is 8.17. The lowest BCUT2D eigenvalue weighted by atomic mass is 10.0. The van der Waals surface area contributed by atoms with Crippen molar-refractivity contribution in [3.63, 3.8) is 0 Å². The molecule has 0 saturated heterocycles. The third kappa shape index (κ3) is 6.01. The van der Waals surface area contributed by atoms with Gasteiger partial charge >= 0.3 is 0 Å². The first-order valence-electron chi connectivity index (χ1n) is 12.8. The van der Waals surface area contributed by atoms with E-state index in [0.717, 1.165) is 16.2 Å². The molecule has 1 N–H and O–H groups in total. The summed E-state index contributed by atoms with van der Waals surface area (Å²) in [7, 11) is 0. The molecule has 5 aromatic rings. The molecule has 1 aliphatic heterocycles. The van der Waals surface area contributed by atoms with Gasteiger partial charge in [0.25, 0.3) is 11.8 Å². The first kappa shape index (κ1) is 27.9. The second-order valence-electron chi connectivity index (χ2n) is 9.20. The first-order valence-corrected chi connectivity index (χ1v) is 15.0. The predicted molar refractivity (Wildman–Crippen MR) is 158 cm³/mol. The van der Waals surface area contributed by atoms with Crippen LogP contribution in [0.3, 0.4) is 0 Å². The van der Waals surface area contributed by atoms with Crippen molar-refractivity contribution in [1.82, 2.24) is 25.1 Å².